The first-order chi connectivity index (χ1) is 13.2. The van der Waals surface area contributed by atoms with E-state index in [-0.39, 0.29) is 5.91 Å². The zero-order chi connectivity index (χ0) is 18.8. The molecule has 2 heterocycles. The number of ether oxygens (including phenoxy) is 1. The minimum atomic E-state index is 0.114. The number of fused-ring (bicyclic) bond motifs is 1. The molecule has 5 heteroatoms. The number of nitrogens with one attached hydrogen (secondary N) is 1. The Morgan fingerprint density at radius 3 is 2.52 bits per heavy atom. The van der Waals surface area contributed by atoms with Gasteiger partial charge in [0.25, 0.3) is 5.91 Å². The molecule has 0 spiro atoms. The number of aromatic nitrogens is 1. The van der Waals surface area contributed by atoms with Crippen molar-refractivity contribution in [3.05, 3.63) is 59.8 Å². The standard InChI is InChI=1S/C22H25N3O2/c1-3-27-20-11-7-6-10-19(20)24-12-14-25(15-13-24)22(26)21-16(2)23-18-9-5-4-8-17(18)21/h4-11,23H,3,12-15H2,1-2H3. The van der Waals surface area contributed by atoms with E-state index in [9.17, 15) is 4.79 Å². The van der Waals surface area contributed by atoms with E-state index < -0.39 is 0 Å². The van der Waals surface area contributed by atoms with Gasteiger partial charge in [-0.05, 0) is 32.0 Å². The van der Waals surface area contributed by atoms with Gasteiger partial charge in [0.1, 0.15) is 5.75 Å². The number of piperazine rings is 1. The Morgan fingerprint density at radius 2 is 1.74 bits per heavy atom. The summed E-state index contributed by atoms with van der Waals surface area (Å²) in [4.78, 5) is 20.8. The number of hydrogen-bond donors (Lipinski definition) is 1. The van der Waals surface area contributed by atoms with Crippen LogP contribution in [0.2, 0.25) is 0 Å². The van der Waals surface area contributed by atoms with Crippen LogP contribution >= 0.6 is 0 Å². The molecule has 5 nitrogen and oxygen atoms in total. The lowest BCUT2D eigenvalue weighted by molar-refractivity contribution is 0.0748. The highest BCUT2D eigenvalue weighted by Crippen LogP contribution is 2.29. The van der Waals surface area contributed by atoms with Crippen LogP contribution in [0.1, 0.15) is 23.0 Å². The highest BCUT2D eigenvalue weighted by molar-refractivity contribution is 6.08. The first-order valence-corrected chi connectivity index (χ1v) is 9.52. The first-order valence-electron chi connectivity index (χ1n) is 9.52. The fourth-order valence-corrected chi connectivity index (χ4v) is 3.86. The number of anilines is 1. The van der Waals surface area contributed by atoms with Gasteiger partial charge in [-0.1, -0.05) is 30.3 Å². The number of benzene rings is 2. The zero-order valence-corrected chi connectivity index (χ0v) is 15.9. The number of aromatic amines is 1. The molecule has 1 amide bonds. The maximum absolute atomic E-state index is 13.2. The average molecular weight is 363 g/mol. The van der Waals surface area contributed by atoms with E-state index in [2.05, 4.69) is 16.0 Å². The molecule has 140 valence electrons. The number of aryl methyl sites for hydroxylation is 1. The number of H-pyrrole nitrogens is 1. The van der Waals surface area contributed by atoms with Crippen molar-refractivity contribution in [2.24, 2.45) is 0 Å². The van der Waals surface area contributed by atoms with Gasteiger partial charge in [0.2, 0.25) is 0 Å². The molecule has 0 unspecified atom stereocenters. The van der Waals surface area contributed by atoms with Crippen molar-refractivity contribution in [3.63, 3.8) is 0 Å². The number of amides is 1. The monoisotopic (exact) mass is 363 g/mol. The normalized spacial score (nSPS) is 14.6. The third kappa shape index (κ3) is 3.25. The van der Waals surface area contributed by atoms with Crippen LogP contribution in [0.3, 0.4) is 0 Å². The molecule has 4 rings (SSSR count). The summed E-state index contributed by atoms with van der Waals surface area (Å²) in [7, 11) is 0. The van der Waals surface area contributed by atoms with Crippen molar-refractivity contribution in [1.82, 2.24) is 9.88 Å². The van der Waals surface area contributed by atoms with Crippen molar-refractivity contribution in [1.29, 1.82) is 0 Å². The maximum atomic E-state index is 13.2. The molecule has 0 aliphatic carbocycles. The summed E-state index contributed by atoms with van der Waals surface area (Å²) in [5, 5.41) is 1.00. The quantitative estimate of drug-likeness (QED) is 0.766. The number of carbonyl (C=O) groups is 1. The number of nitrogens with zero attached hydrogens (tertiary/aromatic N) is 2. The van der Waals surface area contributed by atoms with E-state index in [1.165, 1.54) is 0 Å². The second kappa shape index (κ2) is 7.35. The predicted molar refractivity (Wildman–Crippen MR) is 109 cm³/mol. The van der Waals surface area contributed by atoms with Gasteiger partial charge in [-0.25, -0.2) is 0 Å². The smallest absolute Gasteiger partial charge is 0.256 e. The molecule has 0 bridgehead atoms. The molecule has 1 aromatic heterocycles. The maximum Gasteiger partial charge on any atom is 0.256 e. The molecule has 0 saturated carbocycles. The molecule has 1 saturated heterocycles. The van der Waals surface area contributed by atoms with Crippen LogP contribution in [0.5, 0.6) is 5.75 Å². The molecular formula is C22H25N3O2. The summed E-state index contributed by atoms with van der Waals surface area (Å²) < 4.78 is 5.76. The van der Waals surface area contributed by atoms with Crippen LogP contribution in [0.4, 0.5) is 5.69 Å². The molecule has 2 aromatic carbocycles. The summed E-state index contributed by atoms with van der Waals surface area (Å²) in [6.45, 7) is 7.64. The Labute approximate surface area is 159 Å². The van der Waals surface area contributed by atoms with Crippen LogP contribution in [0, 0.1) is 6.92 Å². The second-order valence-electron chi connectivity index (χ2n) is 6.85. The van der Waals surface area contributed by atoms with Gasteiger partial charge in [-0.2, -0.15) is 0 Å². The van der Waals surface area contributed by atoms with E-state index in [4.69, 9.17) is 4.74 Å². The van der Waals surface area contributed by atoms with E-state index in [1.807, 2.05) is 61.2 Å². The van der Waals surface area contributed by atoms with Gasteiger partial charge in [0.15, 0.2) is 0 Å². The zero-order valence-electron chi connectivity index (χ0n) is 15.9. The molecule has 0 radical (unpaired) electrons. The summed E-state index contributed by atoms with van der Waals surface area (Å²) in [6, 6.07) is 16.1. The number of hydrogen-bond acceptors (Lipinski definition) is 3. The van der Waals surface area contributed by atoms with Crippen molar-refractivity contribution in [3.8, 4) is 5.75 Å². The molecular weight excluding hydrogens is 338 g/mol. The average Bonchev–Trinajstić information content (AvgIpc) is 3.04. The van der Waals surface area contributed by atoms with Crippen LogP contribution in [-0.2, 0) is 0 Å². The van der Waals surface area contributed by atoms with Crippen LogP contribution in [-0.4, -0.2) is 48.6 Å². The van der Waals surface area contributed by atoms with E-state index in [0.29, 0.717) is 19.7 Å². The van der Waals surface area contributed by atoms with Crippen molar-refractivity contribution < 1.29 is 9.53 Å². The number of para-hydroxylation sites is 3. The lowest BCUT2D eigenvalue weighted by Crippen LogP contribution is -2.49. The Kier molecular flexibility index (Phi) is 4.75. The fourth-order valence-electron chi connectivity index (χ4n) is 3.86. The van der Waals surface area contributed by atoms with Crippen LogP contribution in [0.25, 0.3) is 10.9 Å². The minimum absolute atomic E-state index is 0.114. The largest absolute Gasteiger partial charge is 0.492 e. The topological polar surface area (TPSA) is 48.6 Å². The Balaban J connectivity index is 1.51. The third-order valence-electron chi connectivity index (χ3n) is 5.18. The molecule has 1 aliphatic heterocycles. The Morgan fingerprint density at radius 1 is 1.04 bits per heavy atom. The summed E-state index contributed by atoms with van der Waals surface area (Å²) in [6.07, 6.45) is 0. The van der Waals surface area contributed by atoms with Crippen molar-refractivity contribution in [2.75, 3.05) is 37.7 Å². The molecule has 27 heavy (non-hydrogen) atoms. The molecule has 0 atom stereocenters. The first kappa shape index (κ1) is 17.5. The highest BCUT2D eigenvalue weighted by atomic mass is 16.5. The summed E-state index contributed by atoms with van der Waals surface area (Å²) in [5.74, 6) is 1.02. The number of carbonyl (C=O) groups excluding carboxylic acids is 1. The Hall–Kier alpha value is -2.95. The third-order valence-corrected chi connectivity index (χ3v) is 5.18. The van der Waals surface area contributed by atoms with Gasteiger partial charge in [0.05, 0.1) is 17.9 Å². The molecule has 1 aliphatic rings. The van der Waals surface area contributed by atoms with E-state index >= 15 is 0 Å². The van der Waals surface area contributed by atoms with Gasteiger partial charge in [-0.3, -0.25) is 4.79 Å². The number of rotatable bonds is 4. The van der Waals surface area contributed by atoms with Crippen LogP contribution < -0.4 is 9.64 Å². The van der Waals surface area contributed by atoms with Crippen molar-refractivity contribution >= 4 is 22.5 Å². The van der Waals surface area contributed by atoms with Gasteiger partial charge >= 0.3 is 0 Å². The van der Waals surface area contributed by atoms with Gasteiger partial charge in [-0.15, -0.1) is 0 Å². The van der Waals surface area contributed by atoms with E-state index in [1.54, 1.807) is 0 Å². The molecule has 3 aromatic rings. The predicted octanol–water partition coefficient (Wildman–Crippen LogP) is 3.84. The highest BCUT2D eigenvalue weighted by Gasteiger charge is 2.26. The Bertz CT molecular complexity index is 955. The molecule has 1 N–H and O–H groups in total. The van der Waals surface area contributed by atoms with Crippen molar-refractivity contribution in [2.45, 2.75) is 13.8 Å². The summed E-state index contributed by atoms with van der Waals surface area (Å²) in [5.41, 5.74) is 3.86. The van der Waals surface area contributed by atoms with E-state index in [0.717, 1.165) is 46.7 Å². The van der Waals surface area contributed by atoms with Crippen LogP contribution in [0.15, 0.2) is 48.5 Å². The summed E-state index contributed by atoms with van der Waals surface area (Å²) >= 11 is 0. The lowest BCUT2D eigenvalue weighted by atomic mass is 10.1. The minimum Gasteiger partial charge on any atom is -0.492 e. The molecule has 1 fully saturated rings. The second-order valence-corrected chi connectivity index (χ2v) is 6.85. The SMILES string of the molecule is CCOc1ccccc1N1CCN(C(=O)c2c(C)[nH]c3ccccc23)CC1. The van der Waals surface area contributed by atoms with Gasteiger partial charge < -0.3 is 19.5 Å². The lowest BCUT2D eigenvalue weighted by Gasteiger charge is -2.36. The van der Waals surface area contributed by atoms with Gasteiger partial charge in [0, 0.05) is 42.8 Å². The fraction of sp³-hybridized carbons (Fsp3) is 0.318.